The van der Waals surface area contributed by atoms with Gasteiger partial charge < -0.3 is 21.2 Å². The van der Waals surface area contributed by atoms with Crippen molar-refractivity contribution in [3.63, 3.8) is 0 Å². The minimum absolute atomic E-state index is 0.0202. The molecule has 9 nitrogen and oxygen atoms in total. The van der Waals surface area contributed by atoms with Crippen molar-refractivity contribution in [3.05, 3.63) is 64.2 Å². The summed E-state index contributed by atoms with van der Waals surface area (Å²) in [6.07, 6.45) is -16.2. The van der Waals surface area contributed by atoms with E-state index in [1.807, 2.05) is 0 Å². The Hall–Kier alpha value is -4.09. The summed E-state index contributed by atoms with van der Waals surface area (Å²) in [5.41, 5.74) is 0.459. The number of hydrogen-bond donors (Lipinski definition) is 2. The summed E-state index contributed by atoms with van der Waals surface area (Å²) < 4.78 is 130. The number of hydrazone groups is 1. The predicted octanol–water partition coefficient (Wildman–Crippen LogP) is 7.85. The molecule has 2 aromatic carbocycles. The molecule has 47 heavy (non-hydrogen) atoms. The molecule has 3 rings (SSSR count). The van der Waals surface area contributed by atoms with Crippen LogP contribution in [-0.2, 0) is 29.8 Å². The van der Waals surface area contributed by atoms with E-state index < -0.39 is 77.6 Å². The fourth-order valence-corrected chi connectivity index (χ4v) is 5.11. The van der Waals surface area contributed by atoms with Crippen LogP contribution in [0.5, 0.6) is 0 Å². The molecule has 0 saturated heterocycles. The Labute approximate surface area is 264 Å². The highest BCUT2D eigenvalue weighted by Crippen LogP contribution is 2.45. The third-order valence-electron chi connectivity index (χ3n) is 7.21. The van der Waals surface area contributed by atoms with Gasteiger partial charge in [-0.15, -0.1) is 10.2 Å². The van der Waals surface area contributed by atoms with Crippen LogP contribution in [0, 0.1) is 0 Å². The maximum Gasteiger partial charge on any atom is 0.416 e. The van der Waals surface area contributed by atoms with Crippen LogP contribution in [-0.4, -0.2) is 42.2 Å². The van der Waals surface area contributed by atoms with Crippen LogP contribution in [0.2, 0.25) is 0 Å². The molecule has 1 aliphatic heterocycles. The van der Waals surface area contributed by atoms with E-state index in [2.05, 4.69) is 15.3 Å². The van der Waals surface area contributed by atoms with Crippen LogP contribution in [0.1, 0.15) is 73.9 Å². The predicted molar refractivity (Wildman–Crippen MR) is 154 cm³/mol. The molecule has 0 radical (unpaired) electrons. The Morgan fingerprint density at radius 3 is 2.06 bits per heavy atom. The first-order valence-corrected chi connectivity index (χ1v) is 14.4. The van der Waals surface area contributed by atoms with Crippen LogP contribution >= 0.6 is 0 Å². The number of carbonyl (C=O) groups is 1. The fourth-order valence-electron chi connectivity index (χ4n) is 5.11. The highest BCUT2D eigenvalue weighted by atomic mass is 19.4. The van der Waals surface area contributed by atoms with Crippen molar-refractivity contribution in [1.82, 2.24) is 4.90 Å². The number of benzene rings is 2. The molecule has 2 atom stereocenters. The number of hydrogen-bond acceptors (Lipinski definition) is 6. The van der Waals surface area contributed by atoms with Gasteiger partial charge in [-0.2, -0.15) is 44.6 Å². The van der Waals surface area contributed by atoms with Crippen molar-refractivity contribution in [3.8, 4) is 0 Å². The molecule has 0 aliphatic carbocycles. The SMILES string of the molecule is CCC1CC(N(Cc2cc(C(F)(F)F)cc(C(F)(F)F)c2)C(N=NCCCN)=NN)c2cc(C(F)(F)F)ccc2N1C(=O)OC(C)C. The Bertz CT molecular complexity index is 1420. The largest absolute Gasteiger partial charge is 0.446 e. The number of nitrogens with two attached hydrogens (primary N) is 2. The van der Waals surface area contributed by atoms with Gasteiger partial charge >= 0.3 is 24.6 Å². The van der Waals surface area contributed by atoms with E-state index in [-0.39, 0.29) is 43.2 Å². The minimum atomic E-state index is -5.17. The van der Waals surface area contributed by atoms with Gasteiger partial charge in [-0.25, -0.2) is 4.79 Å². The van der Waals surface area contributed by atoms with E-state index in [1.165, 1.54) is 4.90 Å². The number of rotatable bonds is 8. The van der Waals surface area contributed by atoms with Crippen molar-refractivity contribution in [1.29, 1.82) is 0 Å². The molecule has 0 saturated carbocycles. The van der Waals surface area contributed by atoms with Crippen LogP contribution < -0.4 is 16.5 Å². The number of anilines is 1. The molecule has 4 N–H and O–H groups in total. The topological polar surface area (TPSA) is 122 Å². The molecule has 0 fully saturated rings. The zero-order valence-corrected chi connectivity index (χ0v) is 25.5. The number of guanidine groups is 1. The molecule has 1 heterocycles. The van der Waals surface area contributed by atoms with Gasteiger partial charge in [0.15, 0.2) is 0 Å². The number of ether oxygens (including phenoxy) is 1. The maximum absolute atomic E-state index is 14.0. The molecular formula is C29H34F9N7O2. The summed E-state index contributed by atoms with van der Waals surface area (Å²) >= 11 is 0. The molecular weight excluding hydrogens is 649 g/mol. The van der Waals surface area contributed by atoms with Crippen LogP contribution in [0.25, 0.3) is 0 Å². The summed E-state index contributed by atoms with van der Waals surface area (Å²) in [5, 5.41) is 11.4. The lowest BCUT2D eigenvalue weighted by atomic mass is 9.87. The summed E-state index contributed by atoms with van der Waals surface area (Å²) in [4.78, 5) is 15.5. The van der Waals surface area contributed by atoms with Crippen molar-refractivity contribution >= 4 is 17.7 Å². The molecule has 0 bridgehead atoms. The Morgan fingerprint density at radius 2 is 1.57 bits per heavy atom. The van der Waals surface area contributed by atoms with Crippen molar-refractivity contribution in [2.45, 2.75) is 83.3 Å². The van der Waals surface area contributed by atoms with E-state index >= 15 is 0 Å². The van der Waals surface area contributed by atoms with Crippen LogP contribution in [0.15, 0.2) is 51.7 Å². The van der Waals surface area contributed by atoms with E-state index in [9.17, 15) is 44.3 Å². The van der Waals surface area contributed by atoms with Gasteiger partial charge in [-0.1, -0.05) is 6.92 Å². The number of fused-ring (bicyclic) bond motifs is 1. The molecule has 2 aromatic rings. The first-order valence-electron chi connectivity index (χ1n) is 14.4. The second-order valence-corrected chi connectivity index (χ2v) is 11.0. The van der Waals surface area contributed by atoms with Gasteiger partial charge in [0.25, 0.3) is 5.96 Å². The van der Waals surface area contributed by atoms with Gasteiger partial charge in [-0.05, 0) is 87.2 Å². The highest BCUT2D eigenvalue weighted by molar-refractivity contribution is 5.91. The monoisotopic (exact) mass is 683 g/mol. The molecule has 0 aromatic heterocycles. The van der Waals surface area contributed by atoms with Gasteiger partial charge in [0.2, 0.25) is 0 Å². The molecule has 18 heteroatoms. The molecule has 2 unspecified atom stereocenters. The summed E-state index contributed by atoms with van der Waals surface area (Å²) in [5.74, 6) is 5.12. The summed E-state index contributed by atoms with van der Waals surface area (Å²) in [7, 11) is 0. The smallest absolute Gasteiger partial charge is 0.416 e. The normalized spacial score (nSPS) is 17.7. The average molecular weight is 684 g/mol. The second-order valence-electron chi connectivity index (χ2n) is 11.0. The number of halogens is 9. The zero-order chi connectivity index (χ0) is 35.3. The van der Waals surface area contributed by atoms with E-state index in [0.717, 1.165) is 23.1 Å². The Balaban J connectivity index is 2.32. The fraction of sp³-hybridized carbons (Fsp3) is 0.517. The molecule has 1 amide bonds. The van der Waals surface area contributed by atoms with Crippen molar-refractivity contribution < 1.29 is 49.0 Å². The maximum atomic E-state index is 14.0. The lowest BCUT2D eigenvalue weighted by molar-refractivity contribution is -0.143. The average Bonchev–Trinajstić information content (AvgIpc) is 2.97. The van der Waals surface area contributed by atoms with E-state index in [4.69, 9.17) is 16.3 Å². The third kappa shape index (κ3) is 9.26. The molecule has 1 aliphatic rings. The van der Waals surface area contributed by atoms with Crippen molar-refractivity contribution in [2.75, 3.05) is 18.0 Å². The second kappa shape index (κ2) is 14.8. The van der Waals surface area contributed by atoms with Crippen LogP contribution in [0.3, 0.4) is 0 Å². The summed E-state index contributed by atoms with van der Waals surface area (Å²) in [6.45, 7) is 4.31. The Kier molecular flexibility index (Phi) is 11.7. The molecule has 0 spiro atoms. The molecule has 260 valence electrons. The minimum Gasteiger partial charge on any atom is -0.446 e. The van der Waals surface area contributed by atoms with E-state index in [0.29, 0.717) is 18.6 Å². The van der Waals surface area contributed by atoms with Gasteiger partial charge in [0, 0.05) is 12.6 Å². The quantitative estimate of drug-likeness (QED) is 0.0559. The number of nitrogens with zero attached hydrogens (tertiary/aromatic N) is 5. The third-order valence-corrected chi connectivity index (χ3v) is 7.21. The number of azo groups is 1. The summed E-state index contributed by atoms with van der Waals surface area (Å²) in [6, 6.07) is 1.49. The lowest BCUT2D eigenvalue weighted by Crippen LogP contribution is -2.49. The van der Waals surface area contributed by atoms with E-state index in [1.54, 1.807) is 20.8 Å². The lowest BCUT2D eigenvalue weighted by Gasteiger charge is -2.44. The van der Waals surface area contributed by atoms with Gasteiger partial charge in [-0.3, -0.25) is 4.90 Å². The first kappa shape index (κ1) is 37.4. The Morgan fingerprint density at radius 1 is 0.979 bits per heavy atom. The van der Waals surface area contributed by atoms with Crippen LogP contribution in [0.4, 0.5) is 50.0 Å². The van der Waals surface area contributed by atoms with Gasteiger partial charge in [0.1, 0.15) is 0 Å². The number of alkyl halides is 9. The standard InChI is InChI=1S/C29H34F9N7O2/c1-4-21-14-24(22-13-18(27(30,31)32)6-7-23(22)45(21)26(46)47-16(2)3)44(25(42-40)43-41-9-5-8-39)15-17-10-19(28(33,34)35)12-20(11-17)29(36,37)38/h6-7,10-13,16,21,24H,4-5,8-9,14-15,39-40H2,1-3H3. The zero-order valence-electron chi connectivity index (χ0n) is 25.5. The van der Waals surface area contributed by atoms with Gasteiger partial charge in [0.05, 0.1) is 41.1 Å². The number of carbonyl (C=O) groups excluding carboxylic acids is 1. The highest BCUT2D eigenvalue weighted by Gasteiger charge is 2.43. The van der Waals surface area contributed by atoms with Crippen molar-refractivity contribution in [2.24, 2.45) is 26.9 Å². The number of amides is 1. The first-order chi connectivity index (χ1) is 21.8.